The average Bonchev–Trinajstić information content (AvgIpc) is 2.47. The van der Waals surface area contributed by atoms with Crippen molar-refractivity contribution in [1.82, 2.24) is 4.98 Å². The Morgan fingerprint density at radius 1 is 1.00 bits per heavy atom. The Hall–Kier alpha value is -3.08. The van der Waals surface area contributed by atoms with E-state index < -0.39 is 5.91 Å². The SMILES string of the molecule is O=C(Nc1cccc2cnccc12)c1c(O)cccc1O. The molecular formula is C16H12N2O3. The fourth-order valence-electron chi connectivity index (χ4n) is 2.18. The standard InChI is InChI=1S/C16H12N2O3/c19-13-5-2-6-14(20)15(13)16(21)18-12-4-1-3-10-9-17-8-7-11(10)12/h1-9,19-20H,(H,18,21). The van der Waals surface area contributed by atoms with E-state index in [1.165, 1.54) is 18.2 Å². The van der Waals surface area contributed by atoms with Crippen molar-refractivity contribution in [2.24, 2.45) is 0 Å². The Morgan fingerprint density at radius 2 is 1.71 bits per heavy atom. The van der Waals surface area contributed by atoms with Gasteiger partial charge in [-0.25, -0.2) is 0 Å². The van der Waals surface area contributed by atoms with Gasteiger partial charge in [-0.1, -0.05) is 18.2 Å². The number of aromatic hydroxyl groups is 2. The van der Waals surface area contributed by atoms with Gasteiger partial charge in [0, 0.05) is 28.9 Å². The first-order valence-corrected chi connectivity index (χ1v) is 6.32. The first kappa shape index (κ1) is 12.9. The van der Waals surface area contributed by atoms with E-state index in [-0.39, 0.29) is 17.1 Å². The van der Waals surface area contributed by atoms with Gasteiger partial charge >= 0.3 is 0 Å². The fraction of sp³-hybridized carbons (Fsp3) is 0. The third-order valence-corrected chi connectivity index (χ3v) is 3.18. The summed E-state index contributed by atoms with van der Waals surface area (Å²) < 4.78 is 0. The fourth-order valence-corrected chi connectivity index (χ4v) is 2.18. The number of fused-ring (bicyclic) bond motifs is 1. The highest BCUT2D eigenvalue weighted by Gasteiger charge is 2.16. The van der Waals surface area contributed by atoms with Gasteiger partial charge in [-0.2, -0.15) is 0 Å². The van der Waals surface area contributed by atoms with Crippen molar-refractivity contribution >= 4 is 22.4 Å². The van der Waals surface area contributed by atoms with Crippen LogP contribution in [0.15, 0.2) is 54.9 Å². The molecule has 0 atom stereocenters. The van der Waals surface area contributed by atoms with Crippen molar-refractivity contribution in [3.63, 3.8) is 0 Å². The van der Waals surface area contributed by atoms with Gasteiger partial charge in [-0.05, 0) is 24.3 Å². The van der Waals surface area contributed by atoms with Gasteiger partial charge in [0.15, 0.2) is 0 Å². The number of amides is 1. The molecule has 0 aliphatic heterocycles. The lowest BCUT2D eigenvalue weighted by Crippen LogP contribution is -2.12. The zero-order chi connectivity index (χ0) is 14.8. The van der Waals surface area contributed by atoms with Gasteiger partial charge in [0.2, 0.25) is 0 Å². The van der Waals surface area contributed by atoms with Crippen molar-refractivity contribution in [2.45, 2.75) is 0 Å². The Balaban J connectivity index is 2.01. The molecule has 5 nitrogen and oxygen atoms in total. The summed E-state index contributed by atoms with van der Waals surface area (Å²) in [5, 5.41) is 23.9. The summed E-state index contributed by atoms with van der Waals surface area (Å²) in [6.45, 7) is 0. The quantitative estimate of drug-likeness (QED) is 0.674. The molecule has 3 aromatic rings. The van der Waals surface area contributed by atoms with E-state index in [1.807, 2.05) is 6.07 Å². The monoisotopic (exact) mass is 280 g/mol. The summed E-state index contributed by atoms with van der Waals surface area (Å²) in [5.74, 6) is -1.11. The van der Waals surface area contributed by atoms with Crippen LogP contribution in [0.4, 0.5) is 5.69 Å². The molecule has 0 fully saturated rings. The molecule has 5 heteroatoms. The lowest BCUT2D eigenvalue weighted by molar-refractivity contribution is 0.102. The topological polar surface area (TPSA) is 82.5 Å². The lowest BCUT2D eigenvalue weighted by Gasteiger charge is -2.10. The highest BCUT2D eigenvalue weighted by molar-refractivity contribution is 6.11. The third-order valence-electron chi connectivity index (χ3n) is 3.18. The molecule has 3 rings (SSSR count). The number of carbonyl (C=O) groups excluding carboxylic acids is 1. The number of pyridine rings is 1. The molecule has 0 saturated heterocycles. The van der Waals surface area contributed by atoms with Crippen LogP contribution in [-0.2, 0) is 0 Å². The molecule has 2 aromatic carbocycles. The largest absolute Gasteiger partial charge is 0.507 e. The second kappa shape index (κ2) is 5.13. The van der Waals surface area contributed by atoms with Crippen LogP contribution in [0, 0.1) is 0 Å². The van der Waals surface area contributed by atoms with Crippen LogP contribution < -0.4 is 5.32 Å². The minimum absolute atomic E-state index is 0.149. The first-order valence-electron chi connectivity index (χ1n) is 6.32. The summed E-state index contributed by atoms with van der Waals surface area (Å²) in [5.41, 5.74) is 0.436. The molecule has 104 valence electrons. The van der Waals surface area contributed by atoms with Crippen molar-refractivity contribution in [3.8, 4) is 11.5 Å². The van der Waals surface area contributed by atoms with E-state index in [0.717, 1.165) is 10.8 Å². The number of carbonyl (C=O) groups is 1. The van der Waals surface area contributed by atoms with Crippen LogP contribution in [0.1, 0.15) is 10.4 Å². The van der Waals surface area contributed by atoms with E-state index in [1.54, 1.807) is 30.6 Å². The van der Waals surface area contributed by atoms with Crippen LogP contribution in [0.25, 0.3) is 10.8 Å². The predicted molar refractivity (Wildman–Crippen MR) is 79.5 cm³/mol. The summed E-state index contributed by atoms with van der Waals surface area (Å²) in [6, 6.07) is 11.4. The number of anilines is 1. The van der Waals surface area contributed by atoms with Gasteiger partial charge in [-0.3, -0.25) is 9.78 Å². The average molecular weight is 280 g/mol. The van der Waals surface area contributed by atoms with E-state index in [0.29, 0.717) is 5.69 Å². The number of benzene rings is 2. The summed E-state index contributed by atoms with van der Waals surface area (Å²) >= 11 is 0. The molecule has 0 bridgehead atoms. The van der Waals surface area contributed by atoms with Gasteiger partial charge in [-0.15, -0.1) is 0 Å². The van der Waals surface area contributed by atoms with Gasteiger partial charge in [0.05, 0.1) is 0 Å². The second-order valence-corrected chi connectivity index (χ2v) is 4.53. The van der Waals surface area contributed by atoms with Crippen LogP contribution in [0.3, 0.4) is 0 Å². The Kier molecular flexibility index (Phi) is 3.16. The molecule has 0 aliphatic carbocycles. The lowest BCUT2D eigenvalue weighted by atomic mass is 10.1. The second-order valence-electron chi connectivity index (χ2n) is 4.53. The Labute approximate surface area is 120 Å². The summed E-state index contributed by atoms with van der Waals surface area (Å²) in [7, 11) is 0. The number of nitrogens with zero attached hydrogens (tertiary/aromatic N) is 1. The predicted octanol–water partition coefficient (Wildman–Crippen LogP) is 2.90. The van der Waals surface area contributed by atoms with E-state index >= 15 is 0 Å². The molecule has 21 heavy (non-hydrogen) atoms. The molecule has 1 amide bonds. The van der Waals surface area contributed by atoms with Gasteiger partial charge in [0.25, 0.3) is 5.91 Å². The van der Waals surface area contributed by atoms with Crippen molar-refractivity contribution < 1.29 is 15.0 Å². The molecule has 0 radical (unpaired) electrons. The number of aromatic nitrogens is 1. The van der Waals surface area contributed by atoms with Crippen LogP contribution in [0.2, 0.25) is 0 Å². The molecule has 0 aliphatic rings. The first-order chi connectivity index (χ1) is 10.2. The third kappa shape index (κ3) is 2.36. The zero-order valence-corrected chi connectivity index (χ0v) is 10.9. The highest BCUT2D eigenvalue weighted by Crippen LogP contribution is 2.28. The van der Waals surface area contributed by atoms with E-state index in [9.17, 15) is 15.0 Å². The molecular weight excluding hydrogens is 268 g/mol. The van der Waals surface area contributed by atoms with Crippen LogP contribution in [0.5, 0.6) is 11.5 Å². The summed E-state index contributed by atoms with van der Waals surface area (Å²) in [6.07, 6.45) is 3.33. The minimum atomic E-state index is -0.574. The number of hydrogen-bond donors (Lipinski definition) is 3. The van der Waals surface area contributed by atoms with Crippen LogP contribution >= 0.6 is 0 Å². The minimum Gasteiger partial charge on any atom is -0.507 e. The Bertz CT molecular complexity index is 805. The summed E-state index contributed by atoms with van der Waals surface area (Å²) in [4.78, 5) is 16.3. The maximum absolute atomic E-state index is 12.3. The molecule has 3 N–H and O–H groups in total. The number of hydrogen-bond acceptors (Lipinski definition) is 4. The molecule has 0 saturated carbocycles. The maximum atomic E-state index is 12.3. The van der Waals surface area contributed by atoms with Crippen LogP contribution in [-0.4, -0.2) is 21.1 Å². The van der Waals surface area contributed by atoms with Gasteiger partial charge < -0.3 is 15.5 Å². The number of rotatable bonds is 2. The number of phenols is 2. The molecule has 1 heterocycles. The maximum Gasteiger partial charge on any atom is 0.263 e. The molecule has 0 unspecified atom stereocenters. The number of phenolic OH excluding ortho intramolecular Hbond substituents is 2. The molecule has 0 spiro atoms. The van der Waals surface area contributed by atoms with Crippen molar-refractivity contribution in [3.05, 3.63) is 60.4 Å². The smallest absolute Gasteiger partial charge is 0.263 e. The normalized spacial score (nSPS) is 10.5. The highest BCUT2D eigenvalue weighted by atomic mass is 16.3. The Morgan fingerprint density at radius 3 is 2.48 bits per heavy atom. The van der Waals surface area contributed by atoms with E-state index in [2.05, 4.69) is 10.3 Å². The van der Waals surface area contributed by atoms with Crippen molar-refractivity contribution in [1.29, 1.82) is 0 Å². The zero-order valence-electron chi connectivity index (χ0n) is 10.9. The molecule has 1 aromatic heterocycles. The van der Waals surface area contributed by atoms with Gasteiger partial charge in [0.1, 0.15) is 17.1 Å². The number of nitrogens with one attached hydrogen (secondary N) is 1. The van der Waals surface area contributed by atoms with Crippen molar-refractivity contribution in [2.75, 3.05) is 5.32 Å². The van der Waals surface area contributed by atoms with E-state index in [4.69, 9.17) is 0 Å².